The normalized spacial score (nSPS) is 11.2. The Labute approximate surface area is 169 Å². The Morgan fingerprint density at radius 3 is 2.48 bits per heavy atom. The molecular weight excluding hydrogens is 388 g/mol. The summed E-state index contributed by atoms with van der Waals surface area (Å²) in [6, 6.07) is 21.6. The molecule has 0 unspecified atom stereocenters. The number of carbonyl (C=O) groups excluding carboxylic acids is 1. The van der Waals surface area contributed by atoms with Crippen LogP contribution >= 0.6 is 11.3 Å². The summed E-state index contributed by atoms with van der Waals surface area (Å²) < 4.78 is 1.43. The van der Waals surface area contributed by atoms with Crippen LogP contribution in [-0.2, 0) is 0 Å². The van der Waals surface area contributed by atoms with Crippen LogP contribution in [0.3, 0.4) is 0 Å². The summed E-state index contributed by atoms with van der Waals surface area (Å²) >= 11 is 0.808. The number of non-ortho nitro benzene ring substituents is 1. The molecule has 0 amide bonds. The highest BCUT2D eigenvalue weighted by Crippen LogP contribution is 2.24. The maximum absolute atomic E-state index is 12.6. The Bertz CT molecular complexity index is 1320. The summed E-state index contributed by atoms with van der Waals surface area (Å²) in [5.74, 6) is -0.500. The van der Waals surface area contributed by atoms with E-state index >= 15 is 0 Å². The van der Waals surface area contributed by atoms with Gasteiger partial charge in [-0.05, 0) is 34.9 Å². The van der Waals surface area contributed by atoms with Crippen LogP contribution in [-0.4, -0.2) is 15.4 Å². The minimum Gasteiger partial charge on any atom is -0.269 e. The van der Waals surface area contributed by atoms with Crippen molar-refractivity contribution in [2.24, 2.45) is 0 Å². The van der Waals surface area contributed by atoms with Gasteiger partial charge in [0.05, 0.1) is 15.1 Å². The lowest BCUT2D eigenvalue weighted by atomic mass is 10.0. The molecule has 142 valence electrons. The quantitative estimate of drug-likeness (QED) is 0.273. The first kappa shape index (κ1) is 18.5. The summed E-state index contributed by atoms with van der Waals surface area (Å²) in [5.41, 5.74) is 3.15. The van der Waals surface area contributed by atoms with Gasteiger partial charge in [-0.2, -0.15) is 0 Å². The summed E-state index contributed by atoms with van der Waals surface area (Å²) in [5, 5.41) is 10.9. The Morgan fingerprint density at radius 2 is 1.72 bits per heavy atom. The average Bonchev–Trinajstić information content (AvgIpc) is 3.07. The average molecular weight is 402 g/mol. The van der Waals surface area contributed by atoms with Crippen molar-refractivity contribution in [2.45, 2.75) is 0 Å². The van der Waals surface area contributed by atoms with E-state index in [2.05, 4.69) is 0 Å². The molecule has 0 atom stereocenters. The molecule has 0 saturated carbocycles. The number of nitro benzene ring substituents is 1. The van der Waals surface area contributed by atoms with E-state index in [0.29, 0.717) is 10.2 Å². The summed E-state index contributed by atoms with van der Waals surface area (Å²) in [6.45, 7) is 0. The van der Waals surface area contributed by atoms with Crippen LogP contribution in [0, 0.1) is 10.1 Å². The number of thiazole rings is 1. The van der Waals surface area contributed by atoms with Gasteiger partial charge in [0.1, 0.15) is 0 Å². The fourth-order valence-corrected chi connectivity index (χ4v) is 3.94. The molecule has 29 heavy (non-hydrogen) atoms. The van der Waals surface area contributed by atoms with Gasteiger partial charge in [-0.15, -0.1) is 0 Å². The number of benzene rings is 3. The SMILES string of the molecule is O=C(/C=C/c1cccc(-c2ccccc2)c1)n1c(=O)sc2cc([N+](=O)[O-])ccc21. The highest BCUT2D eigenvalue weighted by Gasteiger charge is 2.15. The second kappa shape index (κ2) is 7.65. The standard InChI is InChI=1S/C22H14N2O4S/c25-21(23-19-11-10-18(24(27)28)14-20(19)29-22(23)26)12-9-15-5-4-8-17(13-15)16-6-2-1-3-7-16/h1-14H/b12-9+. The van der Waals surface area contributed by atoms with E-state index < -0.39 is 15.7 Å². The lowest BCUT2D eigenvalue weighted by Crippen LogP contribution is -2.19. The number of fused-ring (bicyclic) bond motifs is 1. The largest absolute Gasteiger partial charge is 0.315 e. The first-order chi connectivity index (χ1) is 14.0. The van der Waals surface area contributed by atoms with Crippen LogP contribution in [0.5, 0.6) is 0 Å². The number of hydrogen-bond donors (Lipinski definition) is 0. The molecule has 0 bridgehead atoms. The molecule has 0 aliphatic carbocycles. The third kappa shape index (κ3) is 3.76. The molecule has 7 heteroatoms. The number of carbonyl (C=O) groups is 1. The van der Waals surface area contributed by atoms with Crippen molar-refractivity contribution < 1.29 is 9.72 Å². The van der Waals surface area contributed by atoms with E-state index in [1.807, 2.05) is 54.6 Å². The number of rotatable bonds is 4. The zero-order valence-electron chi connectivity index (χ0n) is 15.0. The molecule has 1 aromatic heterocycles. The van der Waals surface area contributed by atoms with Crippen molar-refractivity contribution in [3.8, 4) is 11.1 Å². The molecule has 0 radical (unpaired) electrons. The van der Waals surface area contributed by atoms with E-state index in [1.165, 1.54) is 24.3 Å². The number of allylic oxidation sites excluding steroid dienone is 1. The van der Waals surface area contributed by atoms with Crippen LogP contribution in [0.25, 0.3) is 27.4 Å². The van der Waals surface area contributed by atoms with E-state index in [4.69, 9.17) is 0 Å². The molecule has 4 aromatic rings. The maximum atomic E-state index is 12.6. The molecule has 1 heterocycles. The molecule has 4 rings (SSSR count). The summed E-state index contributed by atoms with van der Waals surface area (Å²) in [6.07, 6.45) is 2.98. The Balaban J connectivity index is 1.65. The van der Waals surface area contributed by atoms with Crippen molar-refractivity contribution >= 4 is 39.2 Å². The highest BCUT2D eigenvalue weighted by molar-refractivity contribution is 7.16. The predicted molar refractivity (Wildman–Crippen MR) is 114 cm³/mol. The molecule has 3 aromatic carbocycles. The van der Waals surface area contributed by atoms with Gasteiger partial charge in [0.15, 0.2) is 0 Å². The molecular formula is C22H14N2O4S. The van der Waals surface area contributed by atoms with Gasteiger partial charge < -0.3 is 0 Å². The lowest BCUT2D eigenvalue weighted by molar-refractivity contribution is -0.384. The summed E-state index contributed by atoms with van der Waals surface area (Å²) in [4.78, 5) is 34.8. The number of nitro groups is 1. The fourth-order valence-electron chi connectivity index (χ4n) is 3.02. The van der Waals surface area contributed by atoms with Crippen LogP contribution in [0.2, 0.25) is 0 Å². The molecule has 0 spiro atoms. The van der Waals surface area contributed by atoms with Gasteiger partial charge in [0.2, 0.25) is 0 Å². The lowest BCUT2D eigenvalue weighted by Gasteiger charge is -2.03. The van der Waals surface area contributed by atoms with Crippen LogP contribution in [0.15, 0.2) is 83.7 Å². The molecule has 6 nitrogen and oxygen atoms in total. The van der Waals surface area contributed by atoms with Crippen molar-refractivity contribution in [1.29, 1.82) is 0 Å². The number of aromatic nitrogens is 1. The zero-order valence-corrected chi connectivity index (χ0v) is 15.8. The van der Waals surface area contributed by atoms with Crippen molar-refractivity contribution in [3.05, 3.63) is 104 Å². The van der Waals surface area contributed by atoms with Gasteiger partial charge in [-0.1, -0.05) is 59.9 Å². The summed E-state index contributed by atoms with van der Waals surface area (Å²) in [7, 11) is 0. The molecule has 0 aliphatic rings. The third-order valence-corrected chi connectivity index (χ3v) is 5.31. The Kier molecular flexibility index (Phi) is 4.88. The predicted octanol–water partition coefficient (Wildman–Crippen LogP) is 4.99. The number of nitrogens with zero attached hydrogens (tertiary/aromatic N) is 2. The molecule has 0 N–H and O–H groups in total. The van der Waals surface area contributed by atoms with E-state index in [0.717, 1.165) is 32.6 Å². The first-order valence-corrected chi connectivity index (χ1v) is 9.52. The Hall–Kier alpha value is -3.84. The van der Waals surface area contributed by atoms with E-state index in [9.17, 15) is 19.7 Å². The van der Waals surface area contributed by atoms with Crippen LogP contribution in [0.4, 0.5) is 5.69 Å². The minimum absolute atomic E-state index is 0.119. The topological polar surface area (TPSA) is 82.2 Å². The van der Waals surface area contributed by atoms with E-state index in [-0.39, 0.29) is 5.69 Å². The molecule has 0 fully saturated rings. The van der Waals surface area contributed by atoms with Gasteiger partial charge >= 0.3 is 4.87 Å². The molecule has 0 aliphatic heterocycles. The monoisotopic (exact) mass is 402 g/mol. The van der Waals surface area contributed by atoms with Crippen molar-refractivity contribution in [2.75, 3.05) is 0 Å². The molecule has 0 saturated heterocycles. The van der Waals surface area contributed by atoms with Gasteiger partial charge in [0, 0.05) is 18.2 Å². The van der Waals surface area contributed by atoms with Gasteiger partial charge in [-0.25, -0.2) is 4.57 Å². The van der Waals surface area contributed by atoms with Gasteiger partial charge in [-0.3, -0.25) is 19.7 Å². The van der Waals surface area contributed by atoms with Crippen molar-refractivity contribution in [3.63, 3.8) is 0 Å². The van der Waals surface area contributed by atoms with Crippen molar-refractivity contribution in [1.82, 2.24) is 4.57 Å². The first-order valence-electron chi connectivity index (χ1n) is 8.71. The van der Waals surface area contributed by atoms with Crippen LogP contribution in [0.1, 0.15) is 10.4 Å². The second-order valence-electron chi connectivity index (χ2n) is 6.28. The van der Waals surface area contributed by atoms with E-state index in [1.54, 1.807) is 6.08 Å². The van der Waals surface area contributed by atoms with Gasteiger partial charge in [0.25, 0.3) is 11.6 Å². The third-order valence-electron chi connectivity index (χ3n) is 4.41. The fraction of sp³-hybridized carbons (Fsp3) is 0. The highest BCUT2D eigenvalue weighted by atomic mass is 32.1. The number of hydrogen-bond acceptors (Lipinski definition) is 5. The zero-order chi connectivity index (χ0) is 20.4. The Morgan fingerprint density at radius 1 is 0.966 bits per heavy atom. The van der Waals surface area contributed by atoms with Crippen LogP contribution < -0.4 is 4.87 Å². The second-order valence-corrected chi connectivity index (χ2v) is 7.27. The smallest absolute Gasteiger partial charge is 0.269 e. The maximum Gasteiger partial charge on any atom is 0.315 e. The minimum atomic E-state index is -0.532.